The van der Waals surface area contributed by atoms with Crippen LogP contribution in [0.1, 0.15) is 30.0 Å². The summed E-state index contributed by atoms with van der Waals surface area (Å²) in [5, 5.41) is 8.00. The van der Waals surface area contributed by atoms with Gasteiger partial charge in [-0.1, -0.05) is 12.1 Å². The van der Waals surface area contributed by atoms with Crippen LogP contribution in [0.25, 0.3) is 0 Å². The lowest BCUT2D eigenvalue weighted by atomic mass is 10.1. The van der Waals surface area contributed by atoms with Gasteiger partial charge in [0.05, 0.1) is 18.1 Å². The molecule has 2 unspecified atom stereocenters. The third kappa shape index (κ3) is 2.63. The first-order chi connectivity index (χ1) is 9.65. The molecule has 3 rings (SSSR count). The average Bonchev–Trinajstić information content (AvgIpc) is 3.04. The zero-order valence-electron chi connectivity index (χ0n) is 11.1. The number of halogens is 2. The van der Waals surface area contributed by atoms with Gasteiger partial charge in [0.15, 0.2) is 0 Å². The fourth-order valence-corrected chi connectivity index (χ4v) is 2.45. The second-order valence-electron chi connectivity index (χ2n) is 4.94. The molecule has 0 N–H and O–H groups in total. The van der Waals surface area contributed by atoms with Crippen LogP contribution in [0.5, 0.6) is 5.75 Å². The van der Waals surface area contributed by atoms with E-state index in [1.807, 2.05) is 13.1 Å². The number of hydrogen-bond donors (Lipinski definition) is 0. The number of ether oxygens (including phenoxy) is 1. The van der Waals surface area contributed by atoms with Crippen molar-refractivity contribution in [2.75, 3.05) is 0 Å². The van der Waals surface area contributed by atoms with Crippen LogP contribution in [0.4, 0.5) is 4.39 Å². The first-order valence-electron chi connectivity index (χ1n) is 6.65. The molecule has 0 spiro atoms. The van der Waals surface area contributed by atoms with Gasteiger partial charge in [-0.25, -0.2) is 9.07 Å². The van der Waals surface area contributed by atoms with E-state index in [9.17, 15) is 4.39 Å². The number of fused-ring (bicyclic) bond motifs is 1. The summed E-state index contributed by atoms with van der Waals surface area (Å²) in [7, 11) is 0. The Morgan fingerprint density at radius 3 is 3.20 bits per heavy atom. The molecule has 2 atom stereocenters. The average molecular weight is 296 g/mol. The van der Waals surface area contributed by atoms with E-state index in [2.05, 4.69) is 10.3 Å². The van der Waals surface area contributed by atoms with E-state index in [0.717, 1.165) is 23.4 Å². The molecule has 20 heavy (non-hydrogen) atoms. The molecule has 106 valence electrons. The van der Waals surface area contributed by atoms with Crippen molar-refractivity contribution in [2.45, 2.75) is 37.8 Å². The highest BCUT2D eigenvalue weighted by molar-refractivity contribution is 6.20. The van der Waals surface area contributed by atoms with Crippen LogP contribution in [0.2, 0.25) is 0 Å². The Morgan fingerprint density at radius 1 is 1.55 bits per heavy atom. The van der Waals surface area contributed by atoms with Crippen molar-refractivity contribution in [3.05, 3.63) is 41.5 Å². The summed E-state index contributed by atoms with van der Waals surface area (Å²) in [5.41, 5.74) is 1.68. The molecule has 2 aromatic rings. The number of aromatic nitrogens is 3. The lowest BCUT2D eigenvalue weighted by Crippen LogP contribution is -2.21. The Bertz CT molecular complexity index is 616. The highest BCUT2D eigenvalue weighted by atomic mass is 35.5. The van der Waals surface area contributed by atoms with Crippen molar-refractivity contribution < 1.29 is 9.13 Å². The maximum Gasteiger partial charge on any atom is 0.123 e. The predicted molar refractivity (Wildman–Crippen MR) is 73.4 cm³/mol. The third-order valence-electron chi connectivity index (χ3n) is 3.39. The van der Waals surface area contributed by atoms with Crippen LogP contribution in [0.3, 0.4) is 0 Å². The molecule has 4 nitrogen and oxygen atoms in total. The van der Waals surface area contributed by atoms with E-state index >= 15 is 0 Å². The molecule has 0 radical (unpaired) electrons. The van der Waals surface area contributed by atoms with Gasteiger partial charge in [0.2, 0.25) is 0 Å². The van der Waals surface area contributed by atoms with Crippen LogP contribution in [-0.2, 0) is 13.0 Å². The summed E-state index contributed by atoms with van der Waals surface area (Å²) in [6.45, 7) is 2.58. The maximum absolute atomic E-state index is 13.1. The van der Waals surface area contributed by atoms with Gasteiger partial charge in [-0.2, -0.15) is 0 Å². The van der Waals surface area contributed by atoms with Crippen LogP contribution in [-0.4, -0.2) is 21.1 Å². The number of hydrogen-bond acceptors (Lipinski definition) is 3. The first kappa shape index (κ1) is 13.4. The van der Waals surface area contributed by atoms with Crippen LogP contribution in [0.15, 0.2) is 24.4 Å². The van der Waals surface area contributed by atoms with Crippen molar-refractivity contribution in [1.29, 1.82) is 0 Å². The second-order valence-corrected chi connectivity index (χ2v) is 5.46. The van der Waals surface area contributed by atoms with E-state index in [1.165, 1.54) is 12.1 Å². The fraction of sp³-hybridized carbons (Fsp3) is 0.429. The van der Waals surface area contributed by atoms with Crippen molar-refractivity contribution in [3.8, 4) is 5.75 Å². The lowest BCUT2D eigenvalue weighted by molar-refractivity contribution is 0.202. The van der Waals surface area contributed by atoms with Gasteiger partial charge >= 0.3 is 0 Å². The molecule has 0 amide bonds. The monoisotopic (exact) mass is 295 g/mol. The molecule has 2 heterocycles. The van der Waals surface area contributed by atoms with Crippen molar-refractivity contribution in [3.63, 3.8) is 0 Å². The molecule has 0 saturated carbocycles. The quantitative estimate of drug-likeness (QED) is 0.814. The molecule has 0 bridgehead atoms. The zero-order chi connectivity index (χ0) is 14.1. The summed E-state index contributed by atoms with van der Waals surface area (Å²) >= 11 is 6.12. The standard InChI is InChI=1S/C14H15ClFN3O/c1-2-12(15)13-8-19(18-17-13)7-11-6-9-5-10(16)3-4-14(9)20-11/h3-5,8,11-12H,2,6-7H2,1H3. The van der Waals surface area contributed by atoms with Gasteiger partial charge in [0, 0.05) is 12.0 Å². The highest BCUT2D eigenvalue weighted by Gasteiger charge is 2.24. The molecule has 0 aliphatic carbocycles. The Kier molecular flexibility index (Phi) is 3.61. The summed E-state index contributed by atoms with van der Waals surface area (Å²) in [5.74, 6) is 0.518. The molecule has 6 heteroatoms. The highest BCUT2D eigenvalue weighted by Crippen LogP contribution is 2.30. The van der Waals surface area contributed by atoms with E-state index in [4.69, 9.17) is 16.3 Å². The molecule has 0 fully saturated rings. The minimum Gasteiger partial charge on any atom is -0.488 e. The summed E-state index contributed by atoms with van der Waals surface area (Å²) in [4.78, 5) is 0. The van der Waals surface area contributed by atoms with Gasteiger partial charge in [-0.15, -0.1) is 16.7 Å². The summed E-state index contributed by atoms with van der Waals surface area (Å²) < 4.78 is 20.7. The molecule has 1 aromatic heterocycles. The summed E-state index contributed by atoms with van der Waals surface area (Å²) in [6.07, 6.45) is 3.29. The number of alkyl halides is 1. The van der Waals surface area contributed by atoms with Crippen molar-refractivity contribution in [2.24, 2.45) is 0 Å². The first-order valence-corrected chi connectivity index (χ1v) is 7.08. The SMILES string of the molecule is CCC(Cl)c1cn(CC2Cc3cc(F)ccc3O2)nn1. The second kappa shape index (κ2) is 5.40. The normalized spacial score (nSPS) is 18.6. The fourth-order valence-electron chi connectivity index (χ4n) is 2.35. The largest absolute Gasteiger partial charge is 0.488 e. The molecule has 0 saturated heterocycles. The smallest absolute Gasteiger partial charge is 0.123 e. The molecule has 1 aliphatic heterocycles. The zero-order valence-corrected chi connectivity index (χ0v) is 11.8. The van der Waals surface area contributed by atoms with Gasteiger partial charge in [0.1, 0.15) is 23.4 Å². The van der Waals surface area contributed by atoms with E-state index in [-0.39, 0.29) is 17.3 Å². The summed E-state index contributed by atoms with van der Waals surface area (Å²) in [6, 6.07) is 4.60. The van der Waals surface area contributed by atoms with E-state index in [1.54, 1.807) is 10.7 Å². The van der Waals surface area contributed by atoms with Crippen LogP contribution >= 0.6 is 11.6 Å². The van der Waals surface area contributed by atoms with Gasteiger partial charge in [-0.3, -0.25) is 0 Å². The Morgan fingerprint density at radius 2 is 2.40 bits per heavy atom. The molecule has 1 aliphatic rings. The van der Waals surface area contributed by atoms with Gasteiger partial charge in [-0.05, 0) is 24.6 Å². The number of rotatable bonds is 4. The van der Waals surface area contributed by atoms with Gasteiger partial charge in [0.25, 0.3) is 0 Å². The number of nitrogens with zero attached hydrogens (tertiary/aromatic N) is 3. The van der Waals surface area contributed by atoms with Gasteiger partial charge < -0.3 is 4.74 Å². The van der Waals surface area contributed by atoms with Crippen molar-refractivity contribution >= 4 is 11.6 Å². The van der Waals surface area contributed by atoms with Crippen LogP contribution < -0.4 is 4.74 Å². The number of benzene rings is 1. The molecule has 1 aromatic carbocycles. The van der Waals surface area contributed by atoms with Crippen LogP contribution in [0, 0.1) is 5.82 Å². The maximum atomic E-state index is 13.1. The Balaban J connectivity index is 1.67. The predicted octanol–water partition coefficient (Wildman–Crippen LogP) is 3.11. The van der Waals surface area contributed by atoms with Crippen molar-refractivity contribution in [1.82, 2.24) is 15.0 Å². The molecular formula is C14H15ClFN3O. The lowest BCUT2D eigenvalue weighted by Gasteiger charge is -2.09. The molecular weight excluding hydrogens is 281 g/mol. The minimum atomic E-state index is -0.232. The Labute approximate surface area is 121 Å². The Hall–Kier alpha value is -1.62. The van der Waals surface area contributed by atoms with E-state index in [0.29, 0.717) is 13.0 Å². The topological polar surface area (TPSA) is 39.9 Å². The third-order valence-corrected chi connectivity index (χ3v) is 3.92. The van der Waals surface area contributed by atoms with E-state index < -0.39 is 0 Å². The minimum absolute atomic E-state index is 0.0447.